The molecule has 2 nitrogen and oxygen atoms in total. The lowest BCUT2D eigenvalue weighted by molar-refractivity contribution is -0.0266. The zero-order chi connectivity index (χ0) is 13.9. The normalized spacial score (nSPS) is 14.9. The summed E-state index contributed by atoms with van der Waals surface area (Å²) >= 11 is 0. The predicted octanol–water partition coefficient (Wildman–Crippen LogP) is 3.90. The maximum atomic E-state index is 10.1. The topological polar surface area (TPSA) is 29.5 Å². The highest BCUT2D eigenvalue weighted by Crippen LogP contribution is 2.25. The molecule has 18 heavy (non-hydrogen) atoms. The molecule has 0 saturated carbocycles. The Kier molecular flexibility index (Phi) is 4.80. The summed E-state index contributed by atoms with van der Waals surface area (Å²) in [6.07, 6.45) is 0. The second-order valence-electron chi connectivity index (χ2n) is 5.97. The number of aryl methyl sites for hydroxylation is 1. The fraction of sp³-hybridized carbons (Fsp3) is 0.625. The summed E-state index contributed by atoms with van der Waals surface area (Å²) < 4.78 is 5.70. The largest absolute Gasteiger partial charge is 0.491 e. The van der Waals surface area contributed by atoms with Gasteiger partial charge in [0.25, 0.3) is 0 Å². The second-order valence-corrected chi connectivity index (χ2v) is 5.97. The molecule has 0 bridgehead atoms. The van der Waals surface area contributed by atoms with Gasteiger partial charge in [-0.1, -0.05) is 33.8 Å². The van der Waals surface area contributed by atoms with E-state index in [9.17, 15) is 5.11 Å². The van der Waals surface area contributed by atoms with E-state index in [-0.39, 0.29) is 5.92 Å². The van der Waals surface area contributed by atoms with Crippen LogP contribution in [0, 0.1) is 12.8 Å². The summed E-state index contributed by atoms with van der Waals surface area (Å²) in [5, 5.41) is 10.1. The van der Waals surface area contributed by atoms with Gasteiger partial charge in [-0.2, -0.15) is 0 Å². The molecule has 0 aliphatic heterocycles. The quantitative estimate of drug-likeness (QED) is 0.858. The van der Waals surface area contributed by atoms with Crippen molar-refractivity contribution >= 4 is 0 Å². The van der Waals surface area contributed by atoms with Crippen molar-refractivity contribution < 1.29 is 9.84 Å². The lowest BCUT2D eigenvalue weighted by Crippen LogP contribution is -2.37. The van der Waals surface area contributed by atoms with Crippen LogP contribution in [-0.4, -0.2) is 17.3 Å². The van der Waals surface area contributed by atoms with Crippen molar-refractivity contribution in [1.82, 2.24) is 0 Å². The van der Waals surface area contributed by atoms with Crippen LogP contribution in [0.2, 0.25) is 0 Å². The van der Waals surface area contributed by atoms with E-state index in [2.05, 4.69) is 26.8 Å². The molecule has 0 spiro atoms. The van der Waals surface area contributed by atoms with E-state index in [1.54, 1.807) is 0 Å². The molecule has 102 valence electrons. The van der Waals surface area contributed by atoms with Gasteiger partial charge >= 0.3 is 0 Å². The molecule has 1 rings (SSSR count). The first-order valence-corrected chi connectivity index (χ1v) is 6.69. The summed E-state index contributed by atoms with van der Waals surface area (Å²) in [5.41, 5.74) is 1.80. The van der Waals surface area contributed by atoms with Crippen molar-refractivity contribution in [3.05, 3.63) is 29.3 Å². The number of ether oxygens (including phenoxy) is 1. The van der Waals surface area contributed by atoms with E-state index >= 15 is 0 Å². The third-order valence-corrected chi connectivity index (χ3v) is 3.64. The molecule has 1 aromatic carbocycles. The van der Waals surface area contributed by atoms with Crippen molar-refractivity contribution in [2.24, 2.45) is 5.92 Å². The highest BCUT2D eigenvalue weighted by Gasteiger charge is 2.25. The average Bonchev–Trinajstić information content (AvgIpc) is 2.25. The Hall–Kier alpha value is -1.02. The first-order chi connectivity index (χ1) is 8.24. The van der Waals surface area contributed by atoms with Crippen molar-refractivity contribution in [2.45, 2.75) is 53.1 Å². The molecule has 0 aliphatic rings. The van der Waals surface area contributed by atoms with Gasteiger partial charge in [-0.25, -0.2) is 0 Å². The fourth-order valence-electron chi connectivity index (χ4n) is 1.78. The molecule has 0 radical (unpaired) electrons. The van der Waals surface area contributed by atoms with Gasteiger partial charge in [0.1, 0.15) is 12.4 Å². The number of hydrogen-bond acceptors (Lipinski definition) is 2. The number of aliphatic hydroxyl groups is 1. The maximum Gasteiger partial charge on any atom is 0.119 e. The van der Waals surface area contributed by atoms with Gasteiger partial charge in [-0.15, -0.1) is 0 Å². The Bertz CT molecular complexity index is 392. The lowest BCUT2D eigenvalue weighted by Gasteiger charge is -2.27. The molecule has 0 fully saturated rings. The van der Waals surface area contributed by atoms with Crippen LogP contribution in [0.15, 0.2) is 18.2 Å². The molecule has 0 aliphatic carbocycles. The Morgan fingerprint density at radius 1 is 1.22 bits per heavy atom. The van der Waals surface area contributed by atoms with E-state index in [1.807, 2.05) is 32.9 Å². The van der Waals surface area contributed by atoms with Crippen LogP contribution < -0.4 is 4.74 Å². The summed E-state index contributed by atoms with van der Waals surface area (Å²) in [7, 11) is 0. The SMILES string of the molecule is Cc1cc(OCC(C)(O)C(C)C)ccc1C(C)C. The minimum absolute atomic E-state index is 0.175. The standard InChI is InChI=1S/C16H26O2/c1-11(2)15-8-7-14(9-13(15)5)18-10-16(6,17)12(3)4/h7-9,11-12,17H,10H2,1-6H3. The van der Waals surface area contributed by atoms with Gasteiger partial charge in [0, 0.05) is 0 Å². The Labute approximate surface area is 111 Å². The molecule has 1 N–H and O–H groups in total. The van der Waals surface area contributed by atoms with E-state index < -0.39 is 5.60 Å². The van der Waals surface area contributed by atoms with Crippen LogP contribution in [0.3, 0.4) is 0 Å². The zero-order valence-corrected chi connectivity index (χ0v) is 12.4. The fourth-order valence-corrected chi connectivity index (χ4v) is 1.78. The lowest BCUT2D eigenvalue weighted by atomic mass is 9.93. The average molecular weight is 250 g/mol. The van der Waals surface area contributed by atoms with E-state index in [4.69, 9.17) is 4.74 Å². The summed E-state index contributed by atoms with van der Waals surface area (Å²) in [5.74, 6) is 1.53. The van der Waals surface area contributed by atoms with E-state index in [1.165, 1.54) is 11.1 Å². The van der Waals surface area contributed by atoms with Gasteiger partial charge in [-0.3, -0.25) is 0 Å². The maximum absolute atomic E-state index is 10.1. The predicted molar refractivity (Wildman–Crippen MR) is 76.2 cm³/mol. The van der Waals surface area contributed by atoms with Crippen LogP contribution in [0.25, 0.3) is 0 Å². The van der Waals surface area contributed by atoms with Crippen LogP contribution in [0.4, 0.5) is 0 Å². The van der Waals surface area contributed by atoms with Crippen molar-refractivity contribution in [1.29, 1.82) is 0 Å². The minimum atomic E-state index is -0.787. The zero-order valence-electron chi connectivity index (χ0n) is 12.4. The van der Waals surface area contributed by atoms with Crippen molar-refractivity contribution in [3.8, 4) is 5.75 Å². The summed E-state index contributed by atoms with van der Waals surface area (Å²) in [4.78, 5) is 0. The number of hydrogen-bond donors (Lipinski definition) is 1. The third kappa shape index (κ3) is 3.74. The van der Waals surface area contributed by atoms with Gasteiger partial charge in [0.2, 0.25) is 0 Å². The van der Waals surface area contributed by atoms with Crippen molar-refractivity contribution in [2.75, 3.05) is 6.61 Å². The van der Waals surface area contributed by atoms with Gasteiger partial charge in [0.05, 0.1) is 5.60 Å². The Morgan fingerprint density at radius 2 is 1.83 bits per heavy atom. The monoisotopic (exact) mass is 250 g/mol. The second kappa shape index (κ2) is 5.75. The minimum Gasteiger partial charge on any atom is -0.491 e. The number of rotatable bonds is 5. The van der Waals surface area contributed by atoms with Crippen LogP contribution in [0.1, 0.15) is 51.7 Å². The molecule has 0 aromatic heterocycles. The first-order valence-electron chi connectivity index (χ1n) is 6.69. The van der Waals surface area contributed by atoms with Crippen LogP contribution in [-0.2, 0) is 0 Å². The summed E-state index contributed by atoms with van der Waals surface area (Å²) in [6.45, 7) is 12.6. The Morgan fingerprint density at radius 3 is 2.28 bits per heavy atom. The van der Waals surface area contributed by atoms with Gasteiger partial charge in [-0.05, 0) is 48.9 Å². The Balaban J connectivity index is 2.73. The van der Waals surface area contributed by atoms with Crippen molar-refractivity contribution in [3.63, 3.8) is 0 Å². The molecule has 0 saturated heterocycles. The molecule has 0 heterocycles. The molecular formula is C16H26O2. The smallest absolute Gasteiger partial charge is 0.119 e. The first kappa shape index (κ1) is 15.0. The molecule has 1 unspecified atom stereocenters. The van der Waals surface area contributed by atoms with E-state index in [0.717, 1.165) is 5.75 Å². The summed E-state index contributed by atoms with van der Waals surface area (Å²) in [6, 6.07) is 6.14. The number of benzene rings is 1. The highest BCUT2D eigenvalue weighted by atomic mass is 16.5. The molecule has 1 aromatic rings. The van der Waals surface area contributed by atoms with Gasteiger partial charge < -0.3 is 9.84 Å². The molecule has 1 atom stereocenters. The van der Waals surface area contributed by atoms with Crippen LogP contribution >= 0.6 is 0 Å². The highest BCUT2D eigenvalue weighted by molar-refractivity contribution is 5.36. The van der Waals surface area contributed by atoms with E-state index in [0.29, 0.717) is 12.5 Å². The van der Waals surface area contributed by atoms with Crippen LogP contribution in [0.5, 0.6) is 5.75 Å². The molecule has 0 amide bonds. The molecule has 2 heteroatoms. The third-order valence-electron chi connectivity index (χ3n) is 3.64. The molecular weight excluding hydrogens is 224 g/mol. The van der Waals surface area contributed by atoms with Gasteiger partial charge in [0.15, 0.2) is 0 Å².